The van der Waals surface area contributed by atoms with Gasteiger partial charge < -0.3 is 19.5 Å². The minimum Gasteiger partial charge on any atom is -0.465 e. The number of aryl methyl sites for hydroxylation is 1. The van der Waals surface area contributed by atoms with Crippen molar-refractivity contribution in [3.63, 3.8) is 0 Å². The van der Waals surface area contributed by atoms with Crippen LogP contribution in [0.2, 0.25) is 0 Å². The van der Waals surface area contributed by atoms with Crippen molar-refractivity contribution in [2.45, 2.75) is 52.6 Å². The van der Waals surface area contributed by atoms with Crippen molar-refractivity contribution in [3.8, 4) is 11.3 Å². The van der Waals surface area contributed by atoms with Crippen LogP contribution in [-0.2, 0) is 16.8 Å². The van der Waals surface area contributed by atoms with E-state index in [-0.39, 0.29) is 23.2 Å². The number of hydrogen-bond donors (Lipinski definition) is 1. The maximum absolute atomic E-state index is 13.7. The molecule has 9 heteroatoms. The molecular weight excluding hydrogens is 581 g/mol. The van der Waals surface area contributed by atoms with Gasteiger partial charge in [0.25, 0.3) is 5.91 Å². The number of carbonyl (C=O) groups is 2. The number of rotatable bonds is 7. The van der Waals surface area contributed by atoms with Crippen LogP contribution in [0, 0.1) is 18.7 Å². The minimum absolute atomic E-state index is 0.268. The number of ether oxygens (including phenoxy) is 1. The Labute approximate surface area is 268 Å². The Hall–Kier alpha value is -4.92. The van der Waals surface area contributed by atoms with E-state index in [1.54, 1.807) is 18.3 Å². The summed E-state index contributed by atoms with van der Waals surface area (Å²) in [7, 11) is 1.39. The minimum atomic E-state index is -0.384. The summed E-state index contributed by atoms with van der Waals surface area (Å²) in [4.78, 5) is 27.9. The molecule has 0 spiro atoms. The average Bonchev–Trinajstić information content (AvgIpc) is 3.63. The van der Waals surface area contributed by atoms with Gasteiger partial charge >= 0.3 is 5.97 Å². The number of aromatic nitrogens is 3. The molecule has 5 aromatic rings. The molecule has 46 heavy (non-hydrogen) atoms. The summed E-state index contributed by atoms with van der Waals surface area (Å²) < 4.78 is 22.7. The molecule has 0 saturated carbocycles. The van der Waals surface area contributed by atoms with Gasteiger partial charge in [-0.1, -0.05) is 6.07 Å². The third-order valence-corrected chi connectivity index (χ3v) is 8.83. The highest BCUT2D eigenvalue weighted by molar-refractivity contribution is 6.08. The Morgan fingerprint density at radius 2 is 1.70 bits per heavy atom. The van der Waals surface area contributed by atoms with Crippen LogP contribution in [0.3, 0.4) is 0 Å². The van der Waals surface area contributed by atoms with E-state index in [1.807, 2.05) is 61.9 Å². The molecule has 0 radical (unpaired) electrons. The Bertz CT molecular complexity index is 1880. The molecule has 238 valence electrons. The van der Waals surface area contributed by atoms with Gasteiger partial charge in [0.1, 0.15) is 5.82 Å². The molecule has 1 aliphatic rings. The molecule has 2 aromatic heterocycles. The summed E-state index contributed by atoms with van der Waals surface area (Å²) in [5.41, 5.74) is 6.07. The number of carbonyl (C=O) groups excluding carboxylic acids is 2. The number of piperidine rings is 1. The second-order valence-corrected chi connectivity index (χ2v) is 13.1. The number of hydrogen-bond acceptors (Lipinski definition) is 5. The van der Waals surface area contributed by atoms with Crippen LogP contribution in [0.4, 0.5) is 15.8 Å². The van der Waals surface area contributed by atoms with Crippen LogP contribution in [0.5, 0.6) is 0 Å². The second-order valence-electron chi connectivity index (χ2n) is 13.1. The number of methoxy groups -OCH3 is 1. The summed E-state index contributed by atoms with van der Waals surface area (Å²) in [6.45, 7) is 11.0. The number of anilines is 2. The predicted molar refractivity (Wildman–Crippen MR) is 180 cm³/mol. The van der Waals surface area contributed by atoms with E-state index in [9.17, 15) is 14.0 Å². The van der Waals surface area contributed by atoms with Gasteiger partial charge in [0.05, 0.1) is 41.2 Å². The lowest BCUT2D eigenvalue weighted by Gasteiger charge is -2.34. The molecular formula is C37H40FN5O3. The Balaban J connectivity index is 1.18. The molecule has 1 amide bonds. The van der Waals surface area contributed by atoms with Gasteiger partial charge in [-0.2, -0.15) is 5.10 Å². The van der Waals surface area contributed by atoms with Crippen molar-refractivity contribution in [1.82, 2.24) is 14.3 Å². The predicted octanol–water partition coefficient (Wildman–Crippen LogP) is 7.66. The van der Waals surface area contributed by atoms with Gasteiger partial charge in [0, 0.05) is 48.2 Å². The molecule has 0 bridgehead atoms. The number of fused-ring (bicyclic) bond motifs is 1. The standard InChI is InChI=1S/C37H40FN5O3/c1-24-22-42(23-25-16-18-41(19-17-25)30-13-8-27(9-14-30)36(45)46-5)33-20-29(12-15-31(24)33)40-35(44)32-21-39-43(37(2,3)4)34(32)26-6-10-28(38)11-7-26/h6-15,20-22,25H,16-19,23H2,1-5H3,(H,40,44). The molecule has 6 rings (SSSR count). The molecule has 8 nitrogen and oxygen atoms in total. The highest BCUT2D eigenvalue weighted by Crippen LogP contribution is 2.32. The van der Waals surface area contributed by atoms with Gasteiger partial charge in [-0.25, -0.2) is 9.18 Å². The fourth-order valence-electron chi connectivity index (χ4n) is 6.39. The normalized spacial score (nSPS) is 14.1. The topological polar surface area (TPSA) is 81.4 Å². The molecule has 3 aromatic carbocycles. The Morgan fingerprint density at radius 1 is 1.00 bits per heavy atom. The average molecular weight is 622 g/mol. The lowest BCUT2D eigenvalue weighted by molar-refractivity contribution is 0.0600. The van der Waals surface area contributed by atoms with E-state index in [1.165, 1.54) is 24.8 Å². The molecule has 3 heterocycles. The maximum atomic E-state index is 13.7. The molecule has 1 aliphatic heterocycles. The van der Waals surface area contributed by atoms with E-state index >= 15 is 0 Å². The number of amides is 1. The van der Waals surface area contributed by atoms with Crippen LogP contribution >= 0.6 is 0 Å². The van der Waals surface area contributed by atoms with Crippen LogP contribution in [0.15, 0.2) is 79.1 Å². The first-order chi connectivity index (χ1) is 22.0. The van der Waals surface area contributed by atoms with E-state index in [0.717, 1.165) is 54.6 Å². The van der Waals surface area contributed by atoms with Crippen LogP contribution in [0.1, 0.15) is 59.9 Å². The lowest BCUT2D eigenvalue weighted by Crippen LogP contribution is -2.34. The highest BCUT2D eigenvalue weighted by atomic mass is 19.1. The molecule has 0 unspecified atom stereocenters. The monoisotopic (exact) mass is 621 g/mol. The van der Waals surface area contributed by atoms with Gasteiger partial charge in [-0.3, -0.25) is 9.48 Å². The smallest absolute Gasteiger partial charge is 0.337 e. The van der Waals surface area contributed by atoms with Crippen molar-refractivity contribution < 1.29 is 18.7 Å². The summed E-state index contributed by atoms with van der Waals surface area (Å²) in [6.07, 6.45) is 5.90. The summed E-state index contributed by atoms with van der Waals surface area (Å²) in [5.74, 6) is -0.412. The van der Waals surface area contributed by atoms with Crippen molar-refractivity contribution in [3.05, 3.63) is 102 Å². The first-order valence-electron chi connectivity index (χ1n) is 15.7. The molecule has 1 saturated heterocycles. The van der Waals surface area contributed by atoms with E-state index in [0.29, 0.717) is 28.4 Å². The SMILES string of the molecule is COC(=O)c1ccc(N2CCC(Cn3cc(C)c4ccc(NC(=O)c5cnn(C(C)(C)C)c5-c5ccc(F)cc5)cc43)CC2)cc1. The fraction of sp³-hybridized carbons (Fsp3) is 0.324. The van der Waals surface area contributed by atoms with Crippen molar-refractivity contribution in [1.29, 1.82) is 0 Å². The Morgan fingerprint density at radius 3 is 2.35 bits per heavy atom. The zero-order chi connectivity index (χ0) is 32.6. The molecule has 1 fully saturated rings. The van der Waals surface area contributed by atoms with Gasteiger partial charge in [-0.05, 0) is 113 Å². The number of halogens is 1. The van der Waals surface area contributed by atoms with E-state index < -0.39 is 0 Å². The second kappa shape index (κ2) is 12.5. The van der Waals surface area contributed by atoms with Crippen LogP contribution in [-0.4, -0.2) is 46.4 Å². The van der Waals surface area contributed by atoms with Crippen LogP contribution in [0.25, 0.3) is 22.2 Å². The number of esters is 1. The van der Waals surface area contributed by atoms with E-state index in [4.69, 9.17) is 4.74 Å². The Kier molecular flexibility index (Phi) is 8.42. The number of benzene rings is 3. The zero-order valence-electron chi connectivity index (χ0n) is 27.0. The maximum Gasteiger partial charge on any atom is 0.337 e. The van der Waals surface area contributed by atoms with Crippen molar-refractivity contribution in [2.24, 2.45) is 5.92 Å². The number of nitrogens with one attached hydrogen (secondary N) is 1. The van der Waals surface area contributed by atoms with Gasteiger partial charge in [0.2, 0.25) is 0 Å². The summed E-state index contributed by atoms with van der Waals surface area (Å²) in [6, 6.07) is 19.8. The molecule has 0 atom stereocenters. The first-order valence-corrected chi connectivity index (χ1v) is 15.7. The third-order valence-electron chi connectivity index (χ3n) is 8.83. The van der Waals surface area contributed by atoms with Crippen molar-refractivity contribution >= 4 is 34.2 Å². The largest absolute Gasteiger partial charge is 0.465 e. The quantitative estimate of drug-likeness (QED) is 0.189. The highest BCUT2D eigenvalue weighted by Gasteiger charge is 2.26. The number of nitrogens with zero attached hydrogens (tertiary/aromatic N) is 4. The molecule has 0 aliphatic carbocycles. The van der Waals surface area contributed by atoms with E-state index in [2.05, 4.69) is 39.1 Å². The van der Waals surface area contributed by atoms with Gasteiger partial charge in [-0.15, -0.1) is 0 Å². The molecule has 1 N–H and O–H groups in total. The first kappa shape index (κ1) is 31.1. The van der Waals surface area contributed by atoms with Crippen molar-refractivity contribution in [2.75, 3.05) is 30.4 Å². The summed E-state index contributed by atoms with van der Waals surface area (Å²) >= 11 is 0. The fourth-order valence-corrected chi connectivity index (χ4v) is 6.39. The van der Waals surface area contributed by atoms with Gasteiger partial charge in [0.15, 0.2) is 0 Å². The lowest BCUT2D eigenvalue weighted by atomic mass is 9.96. The summed E-state index contributed by atoms with van der Waals surface area (Å²) in [5, 5.41) is 8.82. The zero-order valence-corrected chi connectivity index (χ0v) is 27.0. The van der Waals surface area contributed by atoms with Crippen LogP contribution < -0.4 is 10.2 Å². The third kappa shape index (κ3) is 6.27.